The molecule has 1 aromatic carbocycles. The van der Waals surface area contributed by atoms with E-state index in [1.807, 2.05) is 11.8 Å². The lowest BCUT2D eigenvalue weighted by Gasteiger charge is -2.28. The Bertz CT molecular complexity index is 353. The summed E-state index contributed by atoms with van der Waals surface area (Å²) >= 11 is 5.57. The molecule has 1 aliphatic rings. The van der Waals surface area contributed by atoms with Gasteiger partial charge in [0.25, 0.3) is 0 Å². The molecule has 1 nitrogen and oxygen atoms in total. The maximum absolute atomic E-state index is 3.56. The average Bonchev–Trinajstić information content (AvgIpc) is 2.22. The van der Waals surface area contributed by atoms with Crippen molar-refractivity contribution >= 4 is 27.7 Å². The number of rotatable bonds is 1. The molecule has 0 radical (unpaired) electrons. The molecule has 15 heavy (non-hydrogen) atoms. The van der Waals surface area contributed by atoms with Crippen LogP contribution in [0.15, 0.2) is 22.7 Å². The third-order valence-electron chi connectivity index (χ3n) is 2.73. The van der Waals surface area contributed by atoms with E-state index in [0.29, 0.717) is 5.37 Å². The molecular formula is C12H16BrNS. The van der Waals surface area contributed by atoms with Gasteiger partial charge in [-0.05, 0) is 37.1 Å². The van der Waals surface area contributed by atoms with Crippen LogP contribution in [0.3, 0.4) is 0 Å². The quantitative estimate of drug-likeness (QED) is 0.841. The normalized spacial score (nSPS) is 26.6. The van der Waals surface area contributed by atoms with Crippen LogP contribution in [0.4, 0.5) is 0 Å². The highest BCUT2D eigenvalue weighted by Gasteiger charge is 2.20. The summed E-state index contributed by atoms with van der Waals surface area (Å²) in [5.41, 5.74) is 2.71. The molecule has 1 fully saturated rings. The molecule has 0 amide bonds. The minimum absolute atomic E-state index is 0.473. The summed E-state index contributed by atoms with van der Waals surface area (Å²) < 4.78 is 1.19. The predicted molar refractivity (Wildman–Crippen MR) is 71.3 cm³/mol. The monoisotopic (exact) mass is 285 g/mol. The Hall–Kier alpha value is 0.01000. The Morgan fingerprint density at radius 2 is 2.27 bits per heavy atom. The maximum atomic E-state index is 3.56. The van der Waals surface area contributed by atoms with Gasteiger partial charge in [-0.25, -0.2) is 0 Å². The molecule has 1 aromatic rings. The van der Waals surface area contributed by atoms with E-state index in [-0.39, 0.29) is 0 Å². The minimum Gasteiger partial charge on any atom is -0.302 e. The Morgan fingerprint density at radius 1 is 1.47 bits per heavy atom. The van der Waals surface area contributed by atoms with Crippen molar-refractivity contribution in [2.24, 2.45) is 0 Å². The first-order valence-corrected chi connectivity index (χ1v) is 7.05. The first-order valence-electron chi connectivity index (χ1n) is 5.31. The molecule has 0 aliphatic carbocycles. The molecule has 1 heterocycles. The van der Waals surface area contributed by atoms with Crippen LogP contribution in [0.25, 0.3) is 0 Å². The summed E-state index contributed by atoms with van der Waals surface area (Å²) in [6, 6.07) is 6.62. The number of aryl methyl sites for hydroxylation is 1. The number of halogens is 1. The molecule has 2 unspecified atom stereocenters. The highest BCUT2D eigenvalue weighted by molar-refractivity contribution is 9.10. The molecule has 0 aromatic heterocycles. The molecule has 2 rings (SSSR count). The van der Waals surface area contributed by atoms with Crippen LogP contribution in [-0.4, -0.2) is 11.8 Å². The van der Waals surface area contributed by atoms with Crippen molar-refractivity contribution in [3.63, 3.8) is 0 Å². The number of nitrogens with one attached hydrogen (secondary N) is 1. The van der Waals surface area contributed by atoms with Gasteiger partial charge in [0.1, 0.15) is 0 Å². The number of hydrogen-bond donors (Lipinski definition) is 1. The van der Waals surface area contributed by atoms with Crippen LogP contribution < -0.4 is 5.32 Å². The lowest BCUT2D eigenvalue weighted by molar-refractivity contribution is 0.605. The average molecular weight is 286 g/mol. The Labute approximate surface area is 104 Å². The standard InChI is InChI=1S/C12H16BrNS/c1-8-7-10(3-4-11(8)13)12-14-6-5-9(2)15-12/h3-4,7,9,12,14H,5-6H2,1-2H3. The topological polar surface area (TPSA) is 12.0 Å². The van der Waals surface area contributed by atoms with E-state index in [4.69, 9.17) is 0 Å². The van der Waals surface area contributed by atoms with Crippen molar-refractivity contribution in [3.8, 4) is 0 Å². The van der Waals surface area contributed by atoms with Gasteiger partial charge >= 0.3 is 0 Å². The molecule has 82 valence electrons. The first kappa shape index (κ1) is 11.5. The second kappa shape index (κ2) is 4.89. The van der Waals surface area contributed by atoms with Gasteiger partial charge in [-0.15, -0.1) is 11.8 Å². The van der Waals surface area contributed by atoms with E-state index in [0.717, 1.165) is 11.8 Å². The summed E-state index contributed by atoms with van der Waals surface area (Å²) in [6.45, 7) is 5.59. The van der Waals surface area contributed by atoms with Crippen molar-refractivity contribution in [3.05, 3.63) is 33.8 Å². The highest BCUT2D eigenvalue weighted by atomic mass is 79.9. The molecule has 2 atom stereocenters. The van der Waals surface area contributed by atoms with Gasteiger partial charge in [-0.2, -0.15) is 0 Å². The van der Waals surface area contributed by atoms with Gasteiger partial charge < -0.3 is 5.32 Å². The SMILES string of the molecule is Cc1cc(C2NCCC(C)S2)ccc1Br. The van der Waals surface area contributed by atoms with E-state index in [1.54, 1.807) is 0 Å². The molecule has 1 saturated heterocycles. The van der Waals surface area contributed by atoms with Gasteiger partial charge in [0.15, 0.2) is 0 Å². The van der Waals surface area contributed by atoms with E-state index >= 15 is 0 Å². The van der Waals surface area contributed by atoms with Gasteiger partial charge in [0.2, 0.25) is 0 Å². The lowest BCUT2D eigenvalue weighted by atomic mass is 10.1. The summed E-state index contributed by atoms with van der Waals surface area (Å²) in [7, 11) is 0. The molecular weight excluding hydrogens is 270 g/mol. The van der Waals surface area contributed by atoms with Crippen LogP contribution >= 0.6 is 27.7 Å². The van der Waals surface area contributed by atoms with Gasteiger partial charge in [-0.1, -0.05) is 35.0 Å². The Morgan fingerprint density at radius 3 is 2.93 bits per heavy atom. The van der Waals surface area contributed by atoms with Crippen molar-refractivity contribution < 1.29 is 0 Å². The highest BCUT2D eigenvalue weighted by Crippen LogP contribution is 2.35. The fourth-order valence-electron chi connectivity index (χ4n) is 1.79. The van der Waals surface area contributed by atoms with Crippen LogP contribution in [0.1, 0.15) is 29.8 Å². The van der Waals surface area contributed by atoms with E-state index in [9.17, 15) is 0 Å². The fourth-order valence-corrected chi connectivity index (χ4v) is 3.28. The van der Waals surface area contributed by atoms with Crippen molar-refractivity contribution in [2.75, 3.05) is 6.54 Å². The molecule has 0 saturated carbocycles. The third-order valence-corrected chi connectivity index (χ3v) is 5.03. The summed E-state index contributed by atoms with van der Waals surface area (Å²) in [5.74, 6) is 0. The van der Waals surface area contributed by atoms with E-state index in [1.165, 1.54) is 22.0 Å². The smallest absolute Gasteiger partial charge is 0.0792 e. The zero-order chi connectivity index (χ0) is 10.8. The second-order valence-electron chi connectivity index (χ2n) is 4.08. The van der Waals surface area contributed by atoms with Crippen molar-refractivity contribution in [1.29, 1.82) is 0 Å². The number of benzene rings is 1. The lowest BCUT2D eigenvalue weighted by Crippen LogP contribution is -2.28. The van der Waals surface area contributed by atoms with E-state index in [2.05, 4.69) is 53.3 Å². The van der Waals surface area contributed by atoms with Crippen LogP contribution in [0.5, 0.6) is 0 Å². The zero-order valence-corrected chi connectivity index (χ0v) is 11.5. The second-order valence-corrected chi connectivity index (χ2v) is 6.48. The van der Waals surface area contributed by atoms with Crippen LogP contribution in [-0.2, 0) is 0 Å². The third kappa shape index (κ3) is 2.77. The number of thioether (sulfide) groups is 1. The number of hydrogen-bond acceptors (Lipinski definition) is 2. The van der Waals surface area contributed by atoms with Gasteiger partial charge in [-0.3, -0.25) is 0 Å². The fraction of sp³-hybridized carbons (Fsp3) is 0.500. The maximum Gasteiger partial charge on any atom is 0.0792 e. The molecule has 0 bridgehead atoms. The Balaban J connectivity index is 2.18. The predicted octanol–water partition coefficient (Wildman–Crippen LogP) is 3.87. The molecule has 1 N–H and O–H groups in total. The first-order chi connectivity index (χ1) is 7.16. The van der Waals surface area contributed by atoms with Crippen molar-refractivity contribution in [2.45, 2.75) is 30.9 Å². The molecule has 0 spiro atoms. The summed E-state index contributed by atoms with van der Waals surface area (Å²) in [5, 5.41) is 4.80. The Kier molecular flexibility index (Phi) is 3.75. The van der Waals surface area contributed by atoms with Gasteiger partial charge in [0, 0.05) is 9.72 Å². The van der Waals surface area contributed by atoms with E-state index < -0.39 is 0 Å². The van der Waals surface area contributed by atoms with Crippen LogP contribution in [0.2, 0.25) is 0 Å². The van der Waals surface area contributed by atoms with Crippen LogP contribution in [0, 0.1) is 6.92 Å². The minimum atomic E-state index is 0.473. The zero-order valence-electron chi connectivity index (χ0n) is 9.09. The van der Waals surface area contributed by atoms with Gasteiger partial charge in [0.05, 0.1) is 5.37 Å². The summed E-state index contributed by atoms with van der Waals surface area (Å²) in [6.07, 6.45) is 1.27. The largest absolute Gasteiger partial charge is 0.302 e. The summed E-state index contributed by atoms with van der Waals surface area (Å²) in [4.78, 5) is 0. The molecule has 3 heteroatoms. The van der Waals surface area contributed by atoms with Crippen molar-refractivity contribution in [1.82, 2.24) is 5.32 Å². The molecule has 1 aliphatic heterocycles.